The lowest BCUT2D eigenvalue weighted by atomic mass is 10.2. The fourth-order valence-corrected chi connectivity index (χ4v) is 2.32. The van der Waals surface area contributed by atoms with E-state index in [1.807, 2.05) is 43.3 Å². The number of nitrogens with one attached hydrogen (secondary N) is 1. The summed E-state index contributed by atoms with van der Waals surface area (Å²) < 4.78 is 11.1. The Balaban J connectivity index is 1.86. The number of aromatic nitrogens is 2. The van der Waals surface area contributed by atoms with Gasteiger partial charge in [0.1, 0.15) is 17.3 Å². The number of ether oxygens (including phenoxy) is 2. The summed E-state index contributed by atoms with van der Waals surface area (Å²) in [7, 11) is 1.64. The third-order valence-corrected chi connectivity index (χ3v) is 3.47. The molecule has 0 amide bonds. The van der Waals surface area contributed by atoms with Crippen LogP contribution >= 0.6 is 0 Å². The summed E-state index contributed by atoms with van der Waals surface area (Å²) in [6.45, 7) is 4.03. The zero-order chi connectivity index (χ0) is 14.8. The fourth-order valence-electron chi connectivity index (χ4n) is 2.32. The van der Waals surface area contributed by atoms with Crippen LogP contribution in [0.4, 0.5) is 0 Å². The number of benzene rings is 2. The van der Waals surface area contributed by atoms with Crippen LogP contribution in [-0.4, -0.2) is 17.1 Å². The normalized spacial score (nSPS) is 12.3. The van der Waals surface area contributed by atoms with Crippen LogP contribution in [0.2, 0.25) is 0 Å². The highest BCUT2D eigenvalue weighted by Crippen LogP contribution is 2.25. The first-order chi connectivity index (χ1) is 10.2. The molecule has 0 fully saturated rings. The molecule has 0 bridgehead atoms. The van der Waals surface area contributed by atoms with E-state index in [0.29, 0.717) is 0 Å². The number of methoxy groups -OCH3 is 1. The Kier molecular flexibility index (Phi) is 3.52. The maximum absolute atomic E-state index is 5.94. The third-order valence-electron chi connectivity index (χ3n) is 3.47. The molecule has 3 rings (SSSR count). The van der Waals surface area contributed by atoms with Gasteiger partial charge in [-0.3, -0.25) is 0 Å². The Morgan fingerprint density at radius 1 is 1.10 bits per heavy atom. The Hall–Kier alpha value is -2.49. The number of aryl methyl sites for hydroxylation is 1. The Bertz CT molecular complexity index is 764. The molecule has 1 heterocycles. The van der Waals surface area contributed by atoms with Crippen molar-refractivity contribution in [3.05, 3.63) is 53.9 Å². The van der Waals surface area contributed by atoms with Gasteiger partial charge < -0.3 is 14.5 Å². The van der Waals surface area contributed by atoms with Crippen molar-refractivity contribution in [3.8, 4) is 11.5 Å². The van der Waals surface area contributed by atoms with E-state index in [-0.39, 0.29) is 6.10 Å². The molecule has 1 N–H and O–H groups in total. The molecule has 0 spiro atoms. The van der Waals surface area contributed by atoms with E-state index in [9.17, 15) is 0 Å². The van der Waals surface area contributed by atoms with Crippen LogP contribution in [0.1, 0.15) is 24.4 Å². The van der Waals surface area contributed by atoms with E-state index in [0.717, 1.165) is 33.9 Å². The molecular weight excluding hydrogens is 264 g/mol. The molecule has 0 saturated heterocycles. The van der Waals surface area contributed by atoms with E-state index in [4.69, 9.17) is 9.47 Å². The molecule has 108 valence electrons. The topological polar surface area (TPSA) is 47.1 Å². The second kappa shape index (κ2) is 5.48. The molecule has 0 aliphatic heterocycles. The van der Waals surface area contributed by atoms with Crippen LogP contribution in [-0.2, 0) is 0 Å². The van der Waals surface area contributed by atoms with Crippen molar-refractivity contribution in [2.45, 2.75) is 20.0 Å². The molecule has 1 atom stereocenters. The fraction of sp³-hybridized carbons (Fsp3) is 0.235. The monoisotopic (exact) mass is 282 g/mol. The van der Waals surface area contributed by atoms with Gasteiger partial charge in [-0.2, -0.15) is 0 Å². The first kappa shape index (κ1) is 13.5. The van der Waals surface area contributed by atoms with Crippen molar-refractivity contribution in [1.29, 1.82) is 0 Å². The van der Waals surface area contributed by atoms with E-state index in [1.54, 1.807) is 7.11 Å². The maximum Gasteiger partial charge on any atom is 0.153 e. The predicted octanol–water partition coefficient (Wildman–Crippen LogP) is 4.02. The summed E-state index contributed by atoms with van der Waals surface area (Å²) >= 11 is 0. The van der Waals surface area contributed by atoms with Gasteiger partial charge in [0.2, 0.25) is 0 Å². The lowest BCUT2D eigenvalue weighted by molar-refractivity contribution is 0.217. The van der Waals surface area contributed by atoms with Crippen LogP contribution < -0.4 is 9.47 Å². The highest BCUT2D eigenvalue weighted by molar-refractivity contribution is 5.78. The summed E-state index contributed by atoms with van der Waals surface area (Å²) in [5.74, 6) is 2.36. The number of H-pyrrole nitrogens is 1. The molecule has 0 unspecified atom stereocenters. The van der Waals surface area contributed by atoms with E-state index in [1.165, 1.54) is 0 Å². The van der Waals surface area contributed by atoms with Gasteiger partial charge in [-0.15, -0.1) is 0 Å². The molecule has 4 heteroatoms. The Morgan fingerprint density at radius 3 is 2.62 bits per heavy atom. The van der Waals surface area contributed by atoms with Gasteiger partial charge in [-0.25, -0.2) is 4.98 Å². The van der Waals surface area contributed by atoms with Crippen molar-refractivity contribution in [1.82, 2.24) is 9.97 Å². The average molecular weight is 282 g/mol. The summed E-state index contributed by atoms with van der Waals surface area (Å²) in [5.41, 5.74) is 3.18. The number of hydrogen-bond donors (Lipinski definition) is 1. The van der Waals surface area contributed by atoms with Crippen molar-refractivity contribution >= 4 is 11.0 Å². The maximum atomic E-state index is 5.94. The SMILES string of the molecule is COc1cccc(O[C@H](C)c2nc3c(C)cccc3[nH]2)c1. The highest BCUT2D eigenvalue weighted by Gasteiger charge is 2.13. The quantitative estimate of drug-likeness (QED) is 0.786. The van der Waals surface area contributed by atoms with Gasteiger partial charge in [0.25, 0.3) is 0 Å². The lowest BCUT2D eigenvalue weighted by Crippen LogP contribution is -2.05. The zero-order valence-corrected chi connectivity index (χ0v) is 12.4. The molecule has 21 heavy (non-hydrogen) atoms. The number of nitrogens with zero attached hydrogens (tertiary/aromatic N) is 1. The Labute approximate surface area is 123 Å². The lowest BCUT2D eigenvalue weighted by Gasteiger charge is -2.13. The second-order valence-corrected chi connectivity index (χ2v) is 5.03. The average Bonchev–Trinajstić information content (AvgIpc) is 2.93. The summed E-state index contributed by atoms with van der Waals surface area (Å²) in [6.07, 6.45) is -0.163. The predicted molar refractivity (Wildman–Crippen MR) is 82.9 cm³/mol. The van der Waals surface area contributed by atoms with E-state index >= 15 is 0 Å². The number of para-hydroxylation sites is 1. The van der Waals surface area contributed by atoms with Crippen molar-refractivity contribution in [2.24, 2.45) is 0 Å². The molecule has 0 radical (unpaired) electrons. The molecule has 0 aliphatic rings. The van der Waals surface area contributed by atoms with Gasteiger partial charge in [-0.1, -0.05) is 18.2 Å². The largest absolute Gasteiger partial charge is 0.497 e. The van der Waals surface area contributed by atoms with E-state index < -0.39 is 0 Å². The van der Waals surface area contributed by atoms with Crippen LogP contribution in [0.3, 0.4) is 0 Å². The summed E-state index contributed by atoms with van der Waals surface area (Å²) in [6, 6.07) is 13.7. The first-order valence-electron chi connectivity index (χ1n) is 6.93. The minimum absolute atomic E-state index is 0.163. The van der Waals surface area contributed by atoms with Gasteiger partial charge in [0, 0.05) is 6.07 Å². The third kappa shape index (κ3) is 2.70. The molecule has 3 aromatic rings. The molecule has 0 saturated carbocycles. The Morgan fingerprint density at radius 2 is 1.86 bits per heavy atom. The van der Waals surface area contributed by atoms with Crippen LogP contribution in [0.5, 0.6) is 11.5 Å². The molecule has 4 nitrogen and oxygen atoms in total. The zero-order valence-electron chi connectivity index (χ0n) is 12.4. The van der Waals surface area contributed by atoms with Gasteiger partial charge in [-0.05, 0) is 37.6 Å². The molecule has 1 aromatic heterocycles. The van der Waals surface area contributed by atoms with Crippen LogP contribution in [0.25, 0.3) is 11.0 Å². The van der Waals surface area contributed by atoms with Crippen LogP contribution in [0, 0.1) is 6.92 Å². The number of rotatable bonds is 4. The first-order valence-corrected chi connectivity index (χ1v) is 6.93. The second-order valence-electron chi connectivity index (χ2n) is 5.03. The van der Waals surface area contributed by atoms with Crippen molar-refractivity contribution in [3.63, 3.8) is 0 Å². The highest BCUT2D eigenvalue weighted by atomic mass is 16.5. The number of hydrogen-bond acceptors (Lipinski definition) is 3. The van der Waals surface area contributed by atoms with Crippen molar-refractivity contribution in [2.75, 3.05) is 7.11 Å². The molecule has 2 aromatic carbocycles. The van der Waals surface area contributed by atoms with Gasteiger partial charge >= 0.3 is 0 Å². The summed E-state index contributed by atoms with van der Waals surface area (Å²) in [5, 5.41) is 0. The number of imidazole rings is 1. The van der Waals surface area contributed by atoms with Crippen molar-refractivity contribution < 1.29 is 9.47 Å². The smallest absolute Gasteiger partial charge is 0.153 e. The minimum atomic E-state index is -0.163. The van der Waals surface area contributed by atoms with E-state index in [2.05, 4.69) is 23.0 Å². The number of fused-ring (bicyclic) bond motifs is 1. The van der Waals surface area contributed by atoms with Gasteiger partial charge in [0.15, 0.2) is 6.10 Å². The molecular formula is C17H18N2O2. The summed E-state index contributed by atoms with van der Waals surface area (Å²) in [4.78, 5) is 7.96. The minimum Gasteiger partial charge on any atom is -0.497 e. The standard InChI is InChI=1S/C17H18N2O2/c1-11-6-4-9-15-16(11)19-17(18-15)12(2)21-14-8-5-7-13(10-14)20-3/h4-10,12H,1-3H3,(H,18,19)/t12-/m1/s1. The van der Waals surface area contributed by atoms with Crippen LogP contribution in [0.15, 0.2) is 42.5 Å². The molecule has 0 aliphatic carbocycles. The number of aromatic amines is 1. The van der Waals surface area contributed by atoms with Gasteiger partial charge in [0.05, 0.1) is 18.1 Å².